The number of carbonyl (C=O) groups is 2. The first-order chi connectivity index (χ1) is 8.49. The monoisotopic (exact) mass is 249 g/mol. The Kier molecular flexibility index (Phi) is 4.89. The number of carboxylic acids is 1. The van der Waals surface area contributed by atoms with E-state index in [1.165, 1.54) is 18.9 Å². The van der Waals surface area contributed by atoms with Gasteiger partial charge in [-0.05, 0) is 18.9 Å². The molecule has 2 atom stereocenters. The van der Waals surface area contributed by atoms with Crippen LogP contribution in [-0.4, -0.2) is 35.0 Å². The van der Waals surface area contributed by atoms with Gasteiger partial charge in [0.15, 0.2) is 0 Å². The fourth-order valence-corrected chi connectivity index (χ4v) is 1.84. The lowest BCUT2D eigenvalue weighted by Crippen LogP contribution is -2.42. The van der Waals surface area contributed by atoms with Gasteiger partial charge in [-0.15, -0.1) is 0 Å². The zero-order chi connectivity index (χ0) is 13.7. The molecule has 0 spiro atoms. The molecule has 0 aliphatic rings. The van der Waals surface area contributed by atoms with Gasteiger partial charge in [0.05, 0.1) is 5.92 Å². The van der Waals surface area contributed by atoms with Crippen LogP contribution in [0, 0.1) is 0 Å². The smallest absolute Gasteiger partial charge is 0.326 e. The fraction of sp³-hybridized carbons (Fsp3) is 0.429. The number of aliphatic carboxylic acids is 1. The number of hydrogen-bond donors (Lipinski definition) is 1. The quantitative estimate of drug-likeness (QED) is 0.869. The number of likely N-dealkylation sites (N-methyl/N-ethyl adjacent to an activating group) is 1. The van der Waals surface area contributed by atoms with E-state index in [0.717, 1.165) is 5.56 Å². The van der Waals surface area contributed by atoms with E-state index in [4.69, 9.17) is 5.11 Å². The van der Waals surface area contributed by atoms with Gasteiger partial charge in [-0.25, -0.2) is 4.79 Å². The van der Waals surface area contributed by atoms with Gasteiger partial charge in [0.2, 0.25) is 5.91 Å². The number of amides is 1. The third-order valence-corrected chi connectivity index (χ3v) is 3.19. The van der Waals surface area contributed by atoms with E-state index in [2.05, 4.69) is 0 Å². The van der Waals surface area contributed by atoms with Gasteiger partial charge in [0, 0.05) is 7.05 Å². The zero-order valence-corrected chi connectivity index (χ0v) is 11.0. The molecule has 0 heterocycles. The lowest BCUT2D eigenvalue weighted by Gasteiger charge is -2.26. The number of benzene rings is 1. The second-order valence-electron chi connectivity index (χ2n) is 4.33. The van der Waals surface area contributed by atoms with Gasteiger partial charge >= 0.3 is 5.97 Å². The van der Waals surface area contributed by atoms with Crippen molar-refractivity contribution >= 4 is 11.9 Å². The standard InChI is InChI=1S/C14H19NO3/c1-4-12(11-8-6-5-7-9-11)13(16)15(3)10(2)14(17)18/h5-10,12H,4H2,1-3H3,(H,17,18). The van der Waals surface area contributed by atoms with Crippen LogP contribution in [0.2, 0.25) is 0 Å². The second kappa shape index (κ2) is 6.19. The molecule has 1 aromatic carbocycles. The summed E-state index contributed by atoms with van der Waals surface area (Å²) in [6, 6.07) is 8.63. The molecule has 1 N–H and O–H groups in total. The summed E-state index contributed by atoms with van der Waals surface area (Å²) in [5.41, 5.74) is 0.925. The maximum Gasteiger partial charge on any atom is 0.326 e. The second-order valence-corrected chi connectivity index (χ2v) is 4.33. The van der Waals surface area contributed by atoms with Gasteiger partial charge in [0.25, 0.3) is 0 Å². The van der Waals surface area contributed by atoms with Gasteiger partial charge in [-0.1, -0.05) is 37.3 Å². The van der Waals surface area contributed by atoms with Crippen LogP contribution in [0.25, 0.3) is 0 Å². The topological polar surface area (TPSA) is 57.6 Å². The molecule has 98 valence electrons. The van der Waals surface area contributed by atoms with Crippen LogP contribution in [0.5, 0.6) is 0 Å². The number of carbonyl (C=O) groups excluding carboxylic acids is 1. The minimum atomic E-state index is -0.992. The Morgan fingerprint density at radius 1 is 1.28 bits per heavy atom. The summed E-state index contributed by atoms with van der Waals surface area (Å²) in [4.78, 5) is 24.5. The van der Waals surface area contributed by atoms with E-state index in [0.29, 0.717) is 6.42 Å². The molecule has 0 aromatic heterocycles. The first kappa shape index (κ1) is 14.2. The van der Waals surface area contributed by atoms with Gasteiger partial charge in [-0.3, -0.25) is 4.79 Å². The van der Waals surface area contributed by atoms with Crippen molar-refractivity contribution in [3.8, 4) is 0 Å². The number of hydrogen-bond acceptors (Lipinski definition) is 2. The summed E-state index contributed by atoms with van der Waals surface area (Å²) in [6.07, 6.45) is 0.652. The third kappa shape index (κ3) is 3.09. The molecule has 0 radical (unpaired) electrons. The normalized spacial score (nSPS) is 13.7. The van der Waals surface area contributed by atoms with E-state index >= 15 is 0 Å². The number of rotatable bonds is 5. The van der Waals surface area contributed by atoms with Crippen molar-refractivity contribution in [1.29, 1.82) is 0 Å². The van der Waals surface area contributed by atoms with Gasteiger partial charge < -0.3 is 10.0 Å². The zero-order valence-electron chi connectivity index (χ0n) is 11.0. The highest BCUT2D eigenvalue weighted by Gasteiger charge is 2.27. The molecule has 4 nitrogen and oxygen atoms in total. The summed E-state index contributed by atoms with van der Waals surface area (Å²) in [7, 11) is 1.53. The fourth-order valence-electron chi connectivity index (χ4n) is 1.84. The van der Waals surface area contributed by atoms with E-state index in [-0.39, 0.29) is 11.8 Å². The Labute approximate surface area is 107 Å². The predicted molar refractivity (Wildman–Crippen MR) is 69.3 cm³/mol. The molecule has 0 fully saturated rings. The first-order valence-corrected chi connectivity index (χ1v) is 6.03. The Bertz CT molecular complexity index is 416. The Balaban J connectivity index is 2.90. The largest absolute Gasteiger partial charge is 0.480 e. The summed E-state index contributed by atoms with van der Waals surface area (Å²) in [6.45, 7) is 3.44. The summed E-state index contributed by atoms with van der Waals surface area (Å²) in [5.74, 6) is -1.43. The molecule has 0 aliphatic heterocycles. The number of nitrogens with zero attached hydrogens (tertiary/aromatic N) is 1. The van der Waals surface area contributed by atoms with Crippen molar-refractivity contribution in [2.45, 2.75) is 32.2 Å². The Hall–Kier alpha value is -1.84. The van der Waals surface area contributed by atoms with Crippen molar-refractivity contribution in [3.05, 3.63) is 35.9 Å². The SMILES string of the molecule is CCC(C(=O)N(C)C(C)C(=O)O)c1ccccc1. The minimum Gasteiger partial charge on any atom is -0.480 e. The van der Waals surface area contributed by atoms with Crippen molar-refractivity contribution in [2.24, 2.45) is 0 Å². The van der Waals surface area contributed by atoms with Crippen LogP contribution in [0.15, 0.2) is 30.3 Å². The molecule has 2 unspecified atom stereocenters. The minimum absolute atomic E-state index is 0.154. The molecule has 0 saturated carbocycles. The lowest BCUT2D eigenvalue weighted by atomic mass is 9.95. The van der Waals surface area contributed by atoms with Crippen LogP contribution in [-0.2, 0) is 9.59 Å². The first-order valence-electron chi connectivity index (χ1n) is 6.03. The predicted octanol–water partition coefficient (Wildman–Crippen LogP) is 2.11. The molecule has 0 bridgehead atoms. The van der Waals surface area contributed by atoms with Crippen LogP contribution >= 0.6 is 0 Å². The molecule has 0 saturated heterocycles. The van der Waals surface area contributed by atoms with Crippen molar-refractivity contribution in [3.63, 3.8) is 0 Å². The van der Waals surface area contributed by atoms with Crippen molar-refractivity contribution in [2.75, 3.05) is 7.05 Å². The van der Waals surface area contributed by atoms with Crippen LogP contribution in [0.3, 0.4) is 0 Å². The Morgan fingerprint density at radius 3 is 2.28 bits per heavy atom. The molecule has 0 aliphatic carbocycles. The molecule has 1 aromatic rings. The van der Waals surface area contributed by atoms with E-state index in [9.17, 15) is 9.59 Å². The highest BCUT2D eigenvalue weighted by atomic mass is 16.4. The maximum atomic E-state index is 12.3. The highest BCUT2D eigenvalue weighted by molar-refractivity contribution is 5.87. The van der Waals surface area contributed by atoms with Gasteiger partial charge in [0.1, 0.15) is 6.04 Å². The molecular formula is C14H19NO3. The molecule has 1 rings (SSSR count). The van der Waals surface area contributed by atoms with Crippen LogP contribution in [0.4, 0.5) is 0 Å². The molecular weight excluding hydrogens is 230 g/mol. The average molecular weight is 249 g/mol. The van der Waals surface area contributed by atoms with Gasteiger partial charge in [-0.2, -0.15) is 0 Å². The van der Waals surface area contributed by atoms with E-state index < -0.39 is 12.0 Å². The lowest BCUT2D eigenvalue weighted by molar-refractivity contribution is -0.148. The summed E-state index contributed by atoms with van der Waals surface area (Å²) >= 11 is 0. The third-order valence-electron chi connectivity index (χ3n) is 3.19. The van der Waals surface area contributed by atoms with Crippen LogP contribution in [0.1, 0.15) is 31.7 Å². The number of carboxylic acid groups (broad SMARTS) is 1. The van der Waals surface area contributed by atoms with Crippen molar-refractivity contribution < 1.29 is 14.7 Å². The molecule has 1 amide bonds. The highest BCUT2D eigenvalue weighted by Crippen LogP contribution is 2.22. The summed E-state index contributed by atoms with van der Waals surface area (Å²) < 4.78 is 0. The van der Waals surface area contributed by atoms with Crippen LogP contribution < -0.4 is 0 Å². The van der Waals surface area contributed by atoms with E-state index in [1.54, 1.807) is 0 Å². The average Bonchev–Trinajstić information content (AvgIpc) is 2.38. The van der Waals surface area contributed by atoms with E-state index in [1.807, 2.05) is 37.3 Å². The molecule has 4 heteroatoms. The Morgan fingerprint density at radius 2 is 1.83 bits per heavy atom. The molecule has 18 heavy (non-hydrogen) atoms. The maximum absolute atomic E-state index is 12.3. The summed E-state index contributed by atoms with van der Waals surface area (Å²) in [5, 5.41) is 8.93. The van der Waals surface area contributed by atoms with Crippen molar-refractivity contribution in [1.82, 2.24) is 4.90 Å².